The van der Waals surface area contributed by atoms with Crippen molar-refractivity contribution < 1.29 is 9.53 Å². The van der Waals surface area contributed by atoms with E-state index in [1.165, 1.54) is 6.42 Å². The summed E-state index contributed by atoms with van der Waals surface area (Å²) < 4.78 is 5.09. The number of piperidine rings is 1. The Morgan fingerprint density at radius 3 is 2.59 bits per heavy atom. The molecule has 0 saturated carbocycles. The van der Waals surface area contributed by atoms with Crippen molar-refractivity contribution in [3.63, 3.8) is 0 Å². The molecule has 1 fully saturated rings. The first kappa shape index (κ1) is 16.1. The summed E-state index contributed by atoms with van der Waals surface area (Å²) in [6.45, 7) is 2.16. The smallest absolute Gasteiger partial charge is 0.224 e. The fraction of sp³-hybridized carbons (Fsp3) is 0.500. The molecule has 0 aliphatic carbocycles. The lowest BCUT2D eigenvalue weighted by molar-refractivity contribution is -0.131. The maximum atomic E-state index is 12.0. The summed E-state index contributed by atoms with van der Waals surface area (Å²) in [5.74, 6) is 1.27. The lowest BCUT2D eigenvalue weighted by Crippen LogP contribution is -2.36. The second kappa shape index (κ2) is 8.26. The van der Waals surface area contributed by atoms with Crippen LogP contribution >= 0.6 is 0 Å². The number of methoxy groups -OCH3 is 1. The van der Waals surface area contributed by atoms with Crippen molar-refractivity contribution in [3.8, 4) is 5.75 Å². The zero-order chi connectivity index (χ0) is 15.8. The van der Waals surface area contributed by atoms with E-state index in [1.54, 1.807) is 7.11 Å². The third-order valence-corrected chi connectivity index (χ3v) is 3.68. The molecule has 1 heterocycles. The van der Waals surface area contributed by atoms with E-state index < -0.39 is 0 Å². The summed E-state index contributed by atoms with van der Waals surface area (Å²) in [6, 6.07) is 7.41. The number of guanidine groups is 1. The summed E-state index contributed by atoms with van der Waals surface area (Å²) in [4.78, 5) is 18.1. The number of aliphatic imine (C=N–C) groups is 1. The summed E-state index contributed by atoms with van der Waals surface area (Å²) in [5.41, 5.74) is 6.66. The highest BCUT2D eigenvalue weighted by Gasteiger charge is 2.15. The van der Waals surface area contributed by atoms with Gasteiger partial charge >= 0.3 is 0 Å². The number of ether oxygens (including phenoxy) is 1. The second-order valence-electron chi connectivity index (χ2n) is 5.31. The van der Waals surface area contributed by atoms with Gasteiger partial charge in [0, 0.05) is 25.2 Å². The molecule has 0 radical (unpaired) electrons. The van der Waals surface area contributed by atoms with Crippen molar-refractivity contribution in [2.24, 2.45) is 10.7 Å². The number of benzene rings is 1. The molecule has 120 valence electrons. The first-order valence-electron chi connectivity index (χ1n) is 7.68. The van der Waals surface area contributed by atoms with Gasteiger partial charge in [0.1, 0.15) is 5.75 Å². The SMILES string of the molecule is COc1ccc(NC(N)=NCCC(=O)N2CCCCC2)cc1. The lowest BCUT2D eigenvalue weighted by atomic mass is 10.1. The summed E-state index contributed by atoms with van der Waals surface area (Å²) in [6.07, 6.45) is 3.85. The van der Waals surface area contributed by atoms with E-state index in [0.717, 1.165) is 37.4 Å². The summed E-state index contributed by atoms with van der Waals surface area (Å²) >= 11 is 0. The highest BCUT2D eigenvalue weighted by molar-refractivity contribution is 5.92. The number of nitrogens with one attached hydrogen (secondary N) is 1. The van der Waals surface area contributed by atoms with Crippen LogP contribution in [0.25, 0.3) is 0 Å². The number of likely N-dealkylation sites (tertiary alicyclic amines) is 1. The zero-order valence-corrected chi connectivity index (χ0v) is 13.0. The fourth-order valence-electron chi connectivity index (χ4n) is 2.44. The average Bonchev–Trinajstić information content (AvgIpc) is 2.56. The molecular formula is C16H24N4O2. The molecule has 0 unspecified atom stereocenters. The van der Waals surface area contributed by atoms with E-state index in [4.69, 9.17) is 10.5 Å². The molecule has 1 amide bonds. The Bertz CT molecular complexity index is 507. The molecule has 6 heteroatoms. The molecule has 0 atom stereocenters. The molecule has 2 rings (SSSR count). The maximum Gasteiger partial charge on any atom is 0.224 e. The molecule has 1 aromatic rings. The number of hydrogen-bond acceptors (Lipinski definition) is 3. The van der Waals surface area contributed by atoms with Gasteiger partial charge in [0.25, 0.3) is 0 Å². The molecule has 1 aromatic carbocycles. The number of anilines is 1. The van der Waals surface area contributed by atoms with Gasteiger partial charge in [0.05, 0.1) is 13.7 Å². The van der Waals surface area contributed by atoms with E-state index in [-0.39, 0.29) is 5.91 Å². The Balaban J connectivity index is 1.75. The largest absolute Gasteiger partial charge is 0.497 e. The second-order valence-corrected chi connectivity index (χ2v) is 5.31. The topological polar surface area (TPSA) is 80.0 Å². The molecular weight excluding hydrogens is 280 g/mol. The maximum absolute atomic E-state index is 12.0. The molecule has 6 nitrogen and oxygen atoms in total. The van der Waals surface area contributed by atoms with Crippen LogP contribution in [-0.2, 0) is 4.79 Å². The first-order valence-corrected chi connectivity index (χ1v) is 7.68. The van der Waals surface area contributed by atoms with E-state index in [0.29, 0.717) is 18.9 Å². The van der Waals surface area contributed by atoms with E-state index in [9.17, 15) is 4.79 Å². The molecule has 0 spiro atoms. The van der Waals surface area contributed by atoms with Gasteiger partial charge in [-0.3, -0.25) is 9.79 Å². The van der Waals surface area contributed by atoms with Gasteiger partial charge in [-0.1, -0.05) is 0 Å². The minimum Gasteiger partial charge on any atom is -0.497 e. The van der Waals surface area contributed by atoms with Gasteiger partial charge in [0.2, 0.25) is 5.91 Å². The Morgan fingerprint density at radius 2 is 1.95 bits per heavy atom. The number of nitrogens with two attached hydrogens (primary N) is 1. The van der Waals surface area contributed by atoms with Gasteiger partial charge < -0.3 is 20.7 Å². The van der Waals surface area contributed by atoms with Crippen molar-refractivity contribution in [2.45, 2.75) is 25.7 Å². The van der Waals surface area contributed by atoms with Crippen molar-refractivity contribution in [1.29, 1.82) is 0 Å². The molecule has 22 heavy (non-hydrogen) atoms. The zero-order valence-electron chi connectivity index (χ0n) is 13.0. The van der Waals surface area contributed by atoms with Gasteiger partial charge in [-0.05, 0) is 43.5 Å². The summed E-state index contributed by atoms with van der Waals surface area (Å²) in [5, 5.41) is 2.99. The number of rotatable bonds is 5. The number of nitrogens with zero attached hydrogens (tertiary/aromatic N) is 2. The molecule has 0 bridgehead atoms. The van der Waals surface area contributed by atoms with Crippen molar-refractivity contribution in [1.82, 2.24) is 4.90 Å². The van der Waals surface area contributed by atoms with Crippen LogP contribution in [0.15, 0.2) is 29.3 Å². The molecule has 1 aliphatic rings. The van der Waals surface area contributed by atoms with Gasteiger partial charge in [-0.15, -0.1) is 0 Å². The molecule has 3 N–H and O–H groups in total. The van der Waals surface area contributed by atoms with Crippen molar-refractivity contribution in [2.75, 3.05) is 32.1 Å². The number of carbonyl (C=O) groups excluding carboxylic acids is 1. The van der Waals surface area contributed by atoms with Crippen LogP contribution in [0.1, 0.15) is 25.7 Å². The lowest BCUT2D eigenvalue weighted by Gasteiger charge is -2.26. The first-order chi connectivity index (χ1) is 10.7. The third kappa shape index (κ3) is 4.95. The van der Waals surface area contributed by atoms with E-state index >= 15 is 0 Å². The Labute approximate surface area is 131 Å². The fourth-order valence-corrected chi connectivity index (χ4v) is 2.44. The highest BCUT2D eigenvalue weighted by Crippen LogP contribution is 2.14. The van der Waals surface area contributed by atoms with E-state index in [1.807, 2.05) is 29.2 Å². The molecule has 0 aromatic heterocycles. The van der Waals surface area contributed by atoms with Gasteiger partial charge in [-0.2, -0.15) is 0 Å². The normalized spacial score (nSPS) is 15.5. The Hall–Kier alpha value is -2.24. The number of carbonyl (C=O) groups is 1. The monoisotopic (exact) mass is 304 g/mol. The molecule has 1 aliphatic heterocycles. The highest BCUT2D eigenvalue weighted by atomic mass is 16.5. The quantitative estimate of drug-likeness (QED) is 0.642. The van der Waals surface area contributed by atoms with Crippen molar-refractivity contribution in [3.05, 3.63) is 24.3 Å². The predicted octanol–water partition coefficient (Wildman–Crippen LogP) is 1.82. The number of hydrogen-bond donors (Lipinski definition) is 2. The minimum absolute atomic E-state index is 0.167. The predicted molar refractivity (Wildman–Crippen MR) is 88.2 cm³/mol. The minimum atomic E-state index is 0.167. The average molecular weight is 304 g/mol. The van der Waals surface area contributed by atoms with Gasteiger partial charge in [-0.25, -0.2) is 0 Å². The van der Waals surface area contributed by atoms with Crippen LogP contribution in [0.4, 0.5) is 5.69 Å². The molecule has 1 saturated heterocycles. The van der Waals surface area contributed by atoms with Crippen LogP contribution in [0.3, 0.4) is 0 Å². The number of amides is 1. The Kier molecular flexibility index (Phi) is 6.06. The summed E-state index contributed by atoms with van der Waals surface area (Å²) in [7, 11) is 1.62. The third-order valence-electron chi connectivity index (χ3n) is 3.68. The standard InChI is InChI=1S/C16H24N4O2/c1-22-14-7-5-13(6-8-14)19-16(17)18-10-9-15(21)20-11-3-2-4-12-20/h5-8H,2-4,9-12H2,1H3,(H3,17,18,19). The van der Waals surface area contributed by atoms with Crippen LogP contribution in [0, 0.1) is 0 Å². The van der Waals surface area contributed by atoms with Crippen LogP contribution in [0.2, 0.25) is 0 Å². The van der Waals surface area contributed by atoms with E-state index in [2.05, 4.69) is 10.3 Å². The van der Waals surface area contributed by atoms with Crippen LogP contribution in [-0.4, -0.2) is 43.5 Å². The Morgan fingerprint density at radius 1 is 1.27 bits per heavy atom. The van der Waals surface area contributed by atoms with Crippen molar-refractivity contribution >= 4 is 17.6 Å². The van der Waals surface area contributed by atoms with Crippen LogP contribution < -0.4 is 15.8 Å². The van der Waals surface area contributed by atoms with Gasteiger partial charge in [0.15, 0.2) is 5.96 Å². The van der Waals surface area contributed by atoms with Crippen LogP contribution in [0.5, 0.6) is 5.75 Å².